The fraction of sp³-hybridized carbons (Fsp3) is 0.923. The highest BCUT2D eigenvalue weighted by molar-refractivity contribution is 5.48. The monoisotopic (exact) mass is 247 g/mol. The summed E-state index contributed by atoms with van der Waals surface area (Å²) in [7, 11) is 1.71. The number of rotatable bonds is 2. The van der Waals surface area contributed by atoms with Crippen LogP contribution < -0.4 is 0 Å². The van der Waals surface area contributed by atoms with Gasteiger partial charge in [-0.1, -0.05) is 13.8 Å². The second-order valence-electron chi connectivity index (χ2n) is 4.64. The van der Waals surface area contributed by atoms with E-state index >= 15 is 0 Å². The average molecular weight is 247 g/mol. The van der Waals surface area contributed by atoms with Crippen molar-refractivity contribution >= 4 is 6.41 Å². The number of carbonyl (C=O) groups is 1. The molecule has 0 aromatic carbocycles. The van der Waals surface area contributed by atoms with E-state index < -0.39 is 0 Å². The van der Waals surface area contributed by atoms with E-state index in [1.807, 2.05) is 34.6 Å². The molecule has 1 fully saturated rings. The van der Waals surface area contributed by atoms with Crippen LogP contribution >= 0.6 is 0 Å². The van der Waals surface area contributed by atoms with Gasteiger partial charge in [-0.05, 0) is 33.6 Å². The molecule has 0 saturated carbocycles. The summed E-state index contributed by atoms with van der Waals surface area (Å²) >= 11 is 0. The van der Waals surface area contributed by atoms with Gasteiger partial charge < -0.3 is 14.7 Å². The number of ether oxygens (including phenoxy) is 1. The molecule has 17 heavy (non-hydrogen) atoms. The molecule has 0 aromatic rings. The van der Waals surface area contributed by atoms with Crippen molar-refractivity contribution in [3.63, 3.8) is 0 Å². The van der Waals surface area contributed by atoms with Crippen LogP contribution in [0.15, 0.2) is 0 Å². The summed E-state index contributed by atoms with van der Waals surface area (Å²) in [5.41, 5.74) is 0.0417. The number of amides is 1. The van der Waals surface area contributed by atoms with E-state index in [1.54, 1.807) is 12.0 Å². The lowest BCUT2D eigenvalue weighted by Gasteiger charge is -2.16. The van der Waals surface area contributed by atoms with Gasteiger partial charge in [0.05, 0.1) is 18.2 Å². The van der Waals surface area contributed by atoms with Crippen molar-refractivity contribution in [2.75, 3.05) is 20.3 Å². The van der Waals surface area contributed by atoms with Crippen LogP contribution in [0.1, 0.15) is 47.5 Å². The molecule has 1 N–H and O–H groups in total. The maximum Gasteiger partial charge on any atom is 0.210 e. The van der Waals surface area contributed by atoms with E-state index in [4.69, 9.17) is 9.84 Å². The molecule has 1 heterocycles. The summed E-state index contributed by atoms with van der Waals surface area (Å²) < 4.78 is 4.94. The Kier molecular flexibility index (Phi) is 11.6. The average Bonchev–Trinajstić information content (AvgIpc) is 2.78. The Bertz CT molecular complexity index is 178. The first-order chi connectivity index (χ1) is 7.94. The maximum atomic E-state index is 10.2. The Morgan fingerprint density at radius 1 is 1.41 bits per heavy atom. The number of likely N-dealkylation sites (tertiary alicyclic amines) is 1. The zero-order valence-corrected chi connectivity index (χ0v) is 12.2. The second kappa shape index (κ2) is 10.5. The van der Waals surface area contributed by atoms with Gasteiger partial charge in [-0.15, -0.1) is 0 Å². The first-order valence-electron chi connectivity index (χ1n) is 6.31. The van der Waals surface area contributed by atoms with Gasteiger partial charge in [0.25, 0.3) is 0 Å². The fourth-order valence-corrected chi connectivity index (χ4v) is 1.19. The lowest BCUT2D eigenvalue weighted by Crippen LogP contribution is -2.30. The normalized spacial score (nSPS) is 18.8. The summed E-state index contributed by atoms with van der Waals surface area (Å²) in [6.45, 7) is 11.0. The van der Waals surface area contributed by atoms with Crippen LogP contribution in [0.2, 0.25) is 0 Å². The lowest BCUT2D eigenvalue weighted by atomic mass is 10.2. The summed E-state index contributed by atoms with van der Waals surface area (Å²) in [6, 6.07) is 0.0995. The van der Waals surface area contributed by atoms with Gasteiger partial charge in [0, 0.05) is 13.7 Å². The number of carbonyl (C=O) groups excluding carboxylic acids is 1. The molecule has 0 radical (unpaired) electrons. The molecule has 1 aliphatic rings. The van der Waals surface area contributed by atoms with Crippen LogP contribution in [0, 0.1) is 0 Å². The molecule has 1 amide bonds. The smallest absolute Gasteiger partial charge is 0.210 e. The van der Waals surface area contributed by atoms with E-state index in [9.17, 15) is 4.79 Å². The third kappa shape index (κ3) is 10.3. The van der Waals surface area contributed by atoms with Crippen LogP contribution in [0.5, 0.6) is 0 Å². The van der Waals surface area contributed by atoms with Gasteiger partial charge in [-0.2, -0.15) is 0 Å². The Morgan fingerprint density at radius 3 is 2.12 bits per heavy atom. The predicted molar refractivity (Wildman–Crippen MR) is 71.0 cm³/mol. The second-order valence-corrected chi connectivity index (χ2v) is 4.64. The molecule has 0 bridgehead atoms. The Balaban J connectivity index is 0. The van der Waals surface area contributed by atoms with Gasteiger partial charge >= 0.3 is 0 Å². The lowest BCUT2D eigenvalue weighted by molar-refractivity contribution is -0.119. The summed E-state index contributed by atoms with van der Waals surface area (Å²) in [5, 5.41) is 8.67. The zero-order chi connectivity index (χ0) is 13.9. The topological polar surface area (TPSA) is 49.8 Å². The Hall–Kier alpha value is -0.610. The molecule has 0 aromatic heterocycles. The van der Waals surface area contributed by atoms with Gasteiger partial charge in [0.1, 0.15) is 0 Å². The molecule has 4 heteroatoms. The largest absolute Gasteiger partial charge is 0.394 e. The van der Waals surface area contributed by atoms with Gasteiger partial charge in [0.15, 0.2) is 0 Å². The van der Waals surface area contributed by atoms with Crippen LogP contribution in [0.4, 0.5) is 0 Å². The van der Waals surface area contributed by atoms with E-state index in [-0.39, 0.29) is 18.2 Å². The van der Waals surface area contributed by atoms with E-state index in [0.717, 1.165) is 25.8 Å². The third-order valence-corrected chi connectivity index (χ3v) is 2.38. The number of nitrogens with zero attached hydrogens (tertiary/aromatic N) is 1. The SMILES string of the molecule is CC.COC(C)(C)C.O=CN1CCC[C@H]1CO. The van der Waals surface area contributed by atoms with Crippen molar-refractivity contribution in [3.05, 3.63) is 0 Å². The van der Waals surface area contributed by atoms with Crippen LogP contribution in [-0.2, 0) is 9.53 Å². The predicted octanol–water partition coefficient (Wildman–Crippen LogP) is 2.06. The highest BCUT2D eigenvalue weighted by Crippen LogP contribution is 2.13. The molecule has 4 nitrogen and oxygen atoms in total. The van der Waals surface area contributed by atoms with Crippen LogP contribution in [-0.4, -0.2) is 48.3 Å². The van der Waals surface area contributed by atoms with E-state index in [1.165, 1.54) is 0 Å². The standard InChI is InChI=1S/C6H11NO2.C5H12O.C2H6/c8-4-6-2-1-3-7(6)5-9;1-5(2,3)6-4;1-2/h5-6,8H,1-4H2;1-4H3;1-2H3/t6-;;/m0../s1. The van der Waals surface area contributed by atoms with Gasteiger partial charge in [-0.25, -0.2) is 0 Å². The number of hydrogen-bond donors (Lipinski definition) is 1. The summed E-state index contributed by atoms with van der Waals surface area (Å²) in [6.07, 6.45) is 2.80. The number of aliphatic hydroxyl groups is 1. The van der Waals surface area contributed by atoms with Crippen molar-refractivity contribution in [3.8, 4) is 0 Å². The molecule has 104 valence electrons. The van der Waals surface area contributed by atoms with Crippen molar-refractivity contribution in [2.45, 2.75) is 59.1 Å². The molecule has 1 saturated heterocycles. The molecular formula is C13H29NO3. The number of hydrogen-bond acceptors (Lipinski definition) is 3. The Morgan fingerprint density at radius 2 is 1.88 bits per heavy atom. The number of aliphatic hydroxyl groups excluding tert-OH is 1. The van der Waals surface area contributed by atoms with E-state index in [0.29, 0.717) is 0 Å². The summed E-state index contributed by atoms with van der Waals surface area (Å²) in [4.78, 5) is 11.8. The molecule has 1 atom stereocenters. The number of methoxy groups -OCH3 is 1. The molecule has 0 unspecified atom stereocenters. The first-order valence-corrected chi connectivity index (χ1v) is 6.31. The van der Waals surface area contributed by atoms with Gasteiger partial charge in [-0.3, -0.25) is 4.79 Å². The molecule has 0 aliphatic carbocycles. The van der Waals surface area contributed by atoms with Crippen LogP contribution in [0.25, 0.3) is 0 Å². The minimum Gasteiger partial charge on any atom is -0.394 e. The van der Waals surface area contributed by atoms with Gasteiger partial charge in [0.2, 0.25) is 6.41 Å². The molecule has 1 rings (SSSR count). The Labute approximate surface area is 106 Å². The minimum atomic E-state index is 0.0417. The first kappa shape index (κ1) is 18.7. The van der Waals surface area contributed by atoms with Crippen molar-refractivity contribution < 1.29 is 14.6 Å². The summed E-state index contributed by atoms with van der Waals surface area (Å²) in [5.74, 6) is 0. The van der Waals surface area contributed by atoms with Crippen molar-refractivity contribution in [2.24, 2.45) is 0 Å². The molecule has 0 spiro atoms. The van der Waals surface area contributed by atoms with Crippen molar-refractivity contribution in [1.29, 1.82) is 0 Å². The van der Waals surface area contributed by atoms with Crippen LogP contribution in [0.3, 0.4) is 0 Å². The third-order valence-electron chi connectivity index (χ3n) is 2.38. The van der Waals surface area contributed by atoms with Crippen molar-refractivity contribution in [1.82, 2.24) is 4.90 Å². The highest BCUT2D eigenvalue weighted by atomic mass is 16.5. The van der Waals surface area contributed by atoms with E-state index in [2.05, 4.69) is 0 Å². The molecule has 1 aliphatic heterocycles. The fourth-order valence-electron chi connectivity index (χ4n) is 1.19. The quantitative estimate of drug-likeness (QED) is 0.760. The highest BCUT2D eigenvalue weighted by Gasteiger charge is 2.21. The zero-order valence-electron chi connectivity index (χ0n) is 12.2. The maximum absolute atomic E-state index is 10.2. The minimum absolute atomic E-state index is 0.0417. The molecular weight excluding hydrogens is 218 g/mol.